The Bertz CT molecular complexity index is 703. The monoisotopic (exact) mass is 241 g/mol. The Labute approximate surface area is 104 Å². The molecule has 2 N–H and O–H groups in total. The molecule has 1 aromatic carbocycles. The SMILES string of the molecule is NCc1ccc(-c2cccc3nccn23)c(F)c1. The molecule has 0 atom stereocenters. The molecule has 0 spiro atoms. The van der Waals surface area contributed by atoms with Crippen LogP contribution in [0, 0.1) is 5.82 Å². The second-order valence-corrected chi connectivity index (χ2v) is 4.08. The number of imidazole rings is 1. The first-order chi connectivity index (χ1) is 8.79. The van der Waals surface area contributed by atoms with Gasteiger partial charge in [-0.25, -0.2) is 9.37 Å². The molecule has 0 aliphatic rings. The van der Waals surface area contributed by atoms with Crippen LogP contribution in [0.4, 0.5) is 4.39 Å². The van der Waals surface area contributed by atoms with Crippen molar-refractivity contribution in [1.82, 2.24) is 9.38 Å². The van der Waals surface area contributed by atoms with E-state index in [1.165, 1.54) is 6.07 Å². The molecule has 18 heavy (non-hydrogen) atoms. The van der Waals surface area contributed by atoms with Crippen molar-refractivity contribution in [1.29, 1.82) is 0 Å². The van der Waals surface area contributed by atoms with Gasteiger partial charge in [0.2, 0.25) is 0 Å². The van der Waals surface area contributed by atoms with E-state index in [9.17, 15) is 4.39 Å². The van der Waals surface area contributed by atoms with Crippen LogP contribution in [0.2, 0.25) is 0 Å². The summed E-state index contributed by atoms with van der Waals surface area (Å²) in [6.07, 6.45) is 3.52. The maximum atomic E-state index is 14.1. The molecule has 0 unspecified atom stereocenters. The van der Waals surface area contributed by atoms with E-state index >= 15 is 0 Å². The fourth-order valence-electron chi connectivity index (χ4n) is 2.06. The predicted molar refractivity (Wildman–Crippen MR) is 68.5 cm³/mol. The normalized spacial score (nSPS) is 11.0. The van der Waals surface area contributed by atoms with Crippen LogP contribution >= 0.6 is 0 Å². The van der Waals surface area contributed by atoms with Crippen molar-refractivity contribution in [3.05, 3.63) is 60.2 Å². The third-order valence-electron chi connectivity index (χ3n) is 2.97. The second-order valence-electron chi connectivity index (χ2n) is 4.08. The van der Waals surface area contributed by atoms with Gasteiger partial charge in [-0.15, -0.1) is 0 Å². The van der Waals surface area contributed by atoms with Crippen LogP contribution in [0.5, 0.6) is 0 Å². The van der Waals surface area contributed by atoms with Crippen molar-refractivity contribution in [3.63, 3.8) is 0 Å². The Morgan fingerprint density at radius 1 is 1.22 bits per heavy atom. The molecule has 90 valence electrons. The molecule has 0 saturated carbocycles. The second kappa shape index (κ2) is 4.23. The molecule has 2 heterocycles. The van der Waals surface area contributed by atoms with Gasteiger partial charge < -0.3 is 5.73 Å². The van der Waals surface area contributed by atoms with E-state index < -0.39 is 0 Å². The molecular formula is C14H12FN3. The topological polar surface area (TPSA) is 43.3 Å². The molecular weight excluding hydrogens is 229 g/mol. The average molecular weight is 241 g/mol. The van der Waals surface area contributed by atoms with Gasteiger partial charge in [0.15, 0.2) is 0 Å². The van der Waals surface area contributed by atoms with E-state index in [1.807, 2.05) is 34.9 Å². The van der Waals surface area contributed by atoms with E-state index in [4.69, 9.17) is 5.73 Å². The molecule has 0 bridgehead atoms. The number of nitrogens with zero attached hydrogens (tertiary/aromatic N) is 2. The molecule has 3 rings (SSSR count). The van der Waals surface area contributed by atoms with Gasteiger partial charge in [0.1, 0.15) is 11.5 Å². The standard InChI is InChI=1S/C14H12FN3/c15-12-8-10(9-16)4-5-11(12)13-2-1-3-14-17-6-7-18(13)14/h1-8H,9,16H2. The van der Waals surface area contributed by atoms with Crippen molar-refractivity contribution in [3.8, 4) is 11.3 Å². The van der Waals surface area contributed by atoms with Crippen LogP contribution < -0.4 is 5.73 Å². The number of rotatable bonds is 2. The number of halogens is 1. The van der Waals surface area contributed by atoms with Crippen molar-refractivity contribution >= 4 is 5.65 Å². The van der Waals surface area contributed by atoms with Crippen molar-refractivity contribution in [2.75, 3.05) is 0 Å². The van der Waals surface area contributed by atoms with Gasteiger partial charge in [-0.05, 0) is 29.8 Å². The largest absolute Gasteiger partial charge is 0.326 e. The summed E-state index contributed by atoms with van der Waals surface area (Å²) in [6.45, 7) is 0.340. The zero-order chi connectivity index (χ0) is 12.5. The lowest BCUT2D eigenvalue weighted by Crippen LogP contribution is -1.99. The van der Waals surface area contributed by atoms with Gasteiger partial charge in [-0.1, -0.05) is 12.1 Å². The Morgan fingerprint density at radius 3 is 2.89 bits per heavy atom. The van der Waals surface area contributed by atoms with Gasteiger partial charge >= 0.3 is 0 Å². The summed E-state index contributed by atoms with van der Waals surface area (Å²) in [7, 11) is 0. The average Bonchev–Trinajstić information content (AvgIpc) is 2.87. The van der Waals surface area contributed by atoms with E-state index in [-0.39, 0.29) is 5.82 Å². The molecule has 0 fully saturated rings. The van der Waals surface area contributed by atoms with Crippen LogP contribution in [0.3, 0.4) is 0 Å². The molecule has 4 heteroatoms. The lowest BCUT2D eigenvalue weighted by atomic mass is 10.1. The Hall–Kier alpha value is -2.20. The minimum atomic E-state index is -0.265. The van der Waals surface area contributed by atoms with E-state index in [2.05, 4.69) is 4.98 Å². The molecule has 0 aliphatic heterocycles. The van der Waals surface area contributed by atoms with Crippen LogP contribution in [0.25, 0.3) is 16.9 Å². The van der Waals surface area contributed by atoms with Gasteiger partial charge in [-0.2, -0.15) is 0 Å². The van der Waals surface area contributed by atoms with Gasteiger partial charge in [0.05, 0.1) is 5.69 Å². The number of fused-ring (bicyclic) bond motifs is 1. The number of pyridine rings is 1. The third-order valence-corrected chi connectivity index (χ3v) is 2.97. The molecule has 0 aliphatic carbocycles. The summed E-state index contributed by atoms with van der Waals surface area (Å²) >= 11 is 0. The lowest BCUT2D eigenvalue weighted by molar-refractivity contribution is 0.628. The summed E-state index contributed by atoms with van der Waals surface area (Å²) in [5.41, 5.74) is 8.42. The fraction of sp³-hybridized carbons (Fsp3) is 0.0714. The summed E-state index contributed by atoms with van der Waals surface area (Å²) < 4.78 is 15.9. The van der Waals surface area contributed by atoms with Gasteiger partial charge in [0, 0.05) is 24.5 Å². The number of hydrogen-bond donors (Lipinski definition) is 1. The maximum Gasteiger partial charge on any atom is 0.137 e. The highest BCUT2D eigenvalue weighted by molar-refractivity contribution is 5.64. The number of hydrogen-bond acceptors (Lipinski definition) is 2. The van der Waals surface area contributed by atoms with E-state index in [1.54, 1.807) is 12.3 Å². The Kier molecular flexibility index (Phi) is 2.57. The number of nitrogens with two attached hydrogens (primary N) is 1. The first kappa shape index (κ1) is 10.9. The zero-order valence-corrected chi connectivity index (χ0v) is 9.68. The molecule has 3 aromatic rings. The van der Waals surface area contributed by atoms with Gasteiger partial charge in [-0.3, -0.25) is 4.40 Å². The summed E-state index contributed by atoms with van der Waals surface area (Å²) in [5, 5.41) is 0. The van der Waals surface area contributed by atoms with Crippen molar-refractivity contribution < 1.29 is 4.39 Å². The quantitative estimate of drug-likeness (QED) is 0.749. The molecule has 0 saturated heterocycles. The van der Waals surface area contributed by atoms with Crippen molar-refractivity contribution in [2.24, 2.45) is 5.73 Å². The highest BCUT2D eigenvalue weighted by Gasteiger charge is 2.09. The smallest absolute Gasteiger partial charge is 0.137 e. The minimum absolute atomic E-state index is 0.265. The van der Waals surface area contributed by atoms with Crippen molar-refractivity contribution in [2.45, 2.75) is 6.54 Å². The van der Waals surface area contributed by atoms with E-state index in [0.717, 1.165) is 16.9 Å². The molecule has 0 radical (unpaired) electrons. The van der Waals surface area contributed by atoms with Crippen LogP contribution in [0.15, 0.2) is 48.8 Å². The Morgan fingerprint density at radius 2 is 2.11 bits per heavy atom. The lowest BCUT2D eigenvalue weighted by Gasteiger charge is -2.08. The first-order valence-electron chi connectivity index (χ1n) is 5.70. The first-order valence-corrected chi connectivity index (χ1v) is 5.70. The zero-order valence-electron chi connectivity index (χ0n) is 9.68. The highest BCUT2D eigenvalue weighted by Crippen LogP contribution is 2.24. The van der Waals surface area contributed by atoms with Crippen LogP contribution in [-0.4, -0.2) is 9.38 Å². The number of benzene rings is 1. The fourth-order valence-corrected chi connectivity index (χ4v) is 2.06. The van der Waals surface area contributed by atoms with E-state index in [0.29, 0.717) is 12.1 Å². The summed E-state index contributed by atoms with van der Waals surface area (Å²) in [4.78, 5) is 4.19. The van der Waals surface area contributed by atoms with Crippen LogP contribution in [0.1, 0.15) is 5.56 Å². The minimum Gasteiger partial charge on any atom is -0.326 e. The molecule has 3 nitrogen and oxygen atoms in total. The molecule has 0 amide bonds. The number of aromatic nitrogens is 2. The summed E-state index contributed by atoms with van der Waals surface area (Å²) in [6, 6.07) is 10.7. The van der Waals surface area contributed by atoms with Crippen LogP contribution in [-0.2, 0) is 6.54 Å². The van der Waals surface area contributed by atoms with Gasteiger partial charge in [0.25, 0.3) is 0 Å². The predicted octanol–water partition coefficient (Wildman–Crippen LogP) is 2.60. The Balaban J connectivity index is 2.23. The molecule has 2 aromatic heterocycles. The maximum absolute atomic E-state index is 14.1. The highest BCUT2D eigenvalue weighted by atomic mass is 19.1. The third kappa shape index (κ3) is 1.67. The summed E-state index contributed by atoms with van der Waals surface area (Å²) in [5.74, 6) is -0.265.